The third-order valence-electron chi connectivity index (χ3n) is 3.22. The van der Waals surface area contributed by atoms with Crippen LogP contribution in [0.1, 0.15) is 11.1 Å². The van der Waals surface area contributed by atoms with E-state index in [9.17, 15) is 4.79 Å². The topological polar surface area (TPSA) is 50.4 Å². The van der Waals surface area contributed by atoms with Gasteiger partial charge in [-0.2, -0.15) is 0 Å². The first-order valence-corrected chi connectivity index (χ1v) is 7.77. The van der Waals surface area contributed by atoms with E-state index in [1.54, 1.807) is 7.11 Å². The van der Waals surface area contributed by atoms with Crippen molar-refractivity contribution in [3.05, 3.63) is 58.1 Å². The van der Waals surface area contributed by atoms with Crippen molar-refractivity contribution in [1.82, 2.24) is 5.32 Å². The highest BCUT2D eigenvalue weighted by molar-refractivity contribution is 9.10. The summed E-state index contributed by atoms with van der Waals surface area (Å²) in [5.74, 6) is 0.766. The number of ether oxygens (including phenoxy) is 1. The van der Waals surface area contributed by atoms with E-state index in [1.807, 2.05) is 49.4 Å². The summed E-state index contributed by atoms with van der Waals surface area (Å²) in [6.45, 7) is 2.89. The van der Waals surface area contributed by atoms with Gasteiger partial charge in [-0.1, -0.05) is 28.1 Å². The Kier molecular flexibility index (Phi) is 5.98. The molecule has 0 saturated carbocycles. The van der Waals surface area contributed by atoms with Crippen molar-refractivity contribution in [2.75, 3.05) is 19.0 Å². The fourth-order valence-electron chi connectivity index (χ4n) is 1.99. The Morgan fingerprint density at radius 2 is 1.91 bits per heavy atom. The number of aryl methyl sites for hydroxylation is 1. The van der Waals surface area contributed by atoms with Gasteiger partial charge in [-0.15, -0.1) is 0 Å². The SMILES string of the molecule is COc1ccc(CNCC(=O)Nc2ccc(Br)c(C)c2)cc1. The minimum Gasteiger partial charge on any atom is -0.497 e. The van der Waals surface area contributed by atoms with Crippen LogP contribution in [0.3, 0.4) is 0 Å². The van der Waals surface area contributed by atoms with Crippen molar-refractivity contribution in [2.24, 2.45) is 0 Å². The number of hydrogen-bond acceptors (Lipinski definition) is 3. The van der Waals surface area contributed by atoms with Gasteiger partial charge in [0.15, 0.2) is 0 Å². The van der Waals surface area contributed by atoms with Crippen molar-refractivity contribution in [2.45, 2.75) is 13.5 Å². The van der Waals surface area contributed by atoms with Crippen molar-refractivity contribution < 1.29 is 9.53 Å². The molecule has 0 aliphatic heterocycles. The Balaban J connectivity index is 1.78. The quantitative estimate of drug-likeness (QED) is 0.826. The molecule has 22 heavy (non-hydrogen) atoms. The zero-order valence-corrected chi connectivity index (χ0v) is 14.2. The van der Waals surface area contributed by atoms with Crippen LogP contribution in [-0.4, -0.2) is 19.6 Å². The molecule has 0 aromatic heterocycles. The minimum atomic E-state index is -0.0600. The van der Waals surface area contributed by atoms with Crippen molar-refractivity contribution >= 4 is 27.5 Å². The number of nitrogens with one attached hydrogen (secondary N) is 2. The smallest absolute Gasteiger partial charge is 0.238 e. The van der Waals surface area contributed by atoms with Crippen LogP contribution in [0.2, 0.25) is 0 Å². The molecule has 1 amide bonds. The number of carbonyl (C=O) groups is 1. The maximum Gasteiger partial charge on any atom is 0.238 e. The summed E-state index contributed by atoms with van der Waals surface area (Å²) in [4.78, 5) is 11.9. The normalized spacial score (nSPS) is 10.3. The molecule has 2 N–H and O–H groups in total. The summed E-state index contributed by atoms with van der Waals surface area (Å²) < 4.78 is 6.14. The monoisotopic (exact) mass is 362 g/mol. The molecular weight excluding hydrogens is 344 g/mol. The number of amides is 1. The van der Waals surface area contributed by atoms with E-state index in [0.717, 1.165) is 27.0 Å². The Morgan fingerprint density at radius 1 is 1.18 bits per heavy atom. The second-order valence-electron chi connectivity index (χ2n) is 4.96. The van der Waals surface area contributed by atoms with Crippen LogP contribution >= 0.6 is 15.9 Å². The number of halogens is 1. The molecule has 0 saturated heterocycles. The molecule has 0 radical (unpaired) electrons. The average Bonchev–Trinajstić information content (AvgIpc) is 2.51. The van der Waals surface area contributed by atoms with E-state index in [-0.39, 0.29) is 12.5 Å². The molecule has 4 nitrogen and oxygen atoms in total. The molecule has 2 aromatic carbocycles. The number of hydrogen-bond donors (Lipinski definition) is 2. The molecule has 0 aliphatic carbocycles. The van der Waals surface area contributed by atoms with Crippen LogP contribution in [-0.2, 0) is 11.3 Å². The second-order valence-corrected chi connectivity index (χ2v) is 5.82. The lowest BCUT2D eigenvalue weighted by molar-refractivity contribution is -0.115. The average molecular weight is 363 g/mol. The number of methoxy groups -OCH3 is 1. The van der Waals surface area contributed by atoms with Crippen molar-refractivity contribution in [3.8, 4) is 5.75 Å². The van der Waals surface area contributed by atoms with Gasteiger partial charge in [0.05, 0.1) is 13.7 Å². The van der Waals surface area contributed by atoms with Crippen molar-refractivity contribution in [3.63, 3.8) is 0 Å². The number of rotatable bonds is 6. The van der Waals surface area contributed by atoms with E-state index in [0.29, 0.717) is 6.54 Å². The number of anilines is 1. The molecule has 0 unspecified atom stereocenters. The lowest BCUT2D eigenvalue weighted by Gasteiger charge is -2.08. The molecule has 116 valence electrons. The molecule has 0 heterocycles. The van der Waals surface area contributed by atoms with Crippen LogP contribution in [0, 0.1) is 6.92 Å². The van der Waals surface area contributed by atoms with Crippen LogP contribution in [0.5, 0.6) is 5.75 Å². The Hall–Kier alpha value is -1.85. The second kappa shape index (κ2) is 7.96. The van der Waals surface area contributed by atoms with E-state index >= 15 is 0 Å². The molecular formula is C17H19BrN2O2. The minimum absolute atomic E-state index is 0.0600. The van der Waals surface area contributed by atoms with Gasteiger partial charge in [0, 0.05) is 16.7 Å². The summed E-state index contributed by atoms with van der Waals surface area (Å²) in [6, 6.07) is 13.5. The summed E-state index contributed by atoms with van der Waals surface area (Å²) >= 11 is 3.44. The summed E-state index contributed by atoms with van der Waals surface area (Å²) in [6.07, 6.45) is 0. The lowest BCUT2D eigenvalue weighted by Crippen LogP contribution is -2.27. The van der Waals surface area contributed by atoms with Gasteiger partial charge < -0.3 is 15.4 Å². The zero-order valence-electron chi connectivity index (χ0n) is 12.7. The Labute approximate surface area is 139 Å². The predicted molar refractivity (Wildman–Crippen MR) is 92.2 cm³/mol. The zero-order chi connectivity index (χ0) is 15.9. The third-order valence-corrected chi connectivity index (χ3v) is 4.11. The van der Waals surface area contributed by atoms with Gasteiger partial charge in [-0.05, 0) is 48.4 Å². The maximum absolute atomic E-state index is 11.9. The first kappa shape index (κ1) is 16.5. The first-order chi connectivity index (χ1) is 10.6. The molecule has 0 bridgehead atoms. The molecule has 0 fully saturated rings. The number of benzene rings is 2. The standard InChI is InChI=1S/C17H19BrN2O2/c1-12-9-14(5-8-16(12)18)20-17(21)11-19-10-13-3-6-15(22-2)7-4-13/h3-9,19H,10-11H2,1-2H3,(H,20,21). The molecule has 2 rings (SSSR count). The van der Waals surface area contributed by atoms with E-state index in [2.05, 4.69) is 26.6 Å². The lowest BCUT2D eigenvalue weighted by atomic mass is 10.2. The Bertz CT molecular complexity index is 642. The predicted octanol–water partition coefficient (Wildman–Crippen LogP) is 3.49. The summed E-state index contributed by atoms with van der Waals surface area (Å²) in [5, 5.41) is 6.00. The highest BCUT2D eigenvalue weighted by atomic mass is 79.9. The van der Waals surface area contributed by atoms with Gasteiger partial charge in [-0.25, -0.2) is 0 Å². The summed E-state index contributed by atoms with van der Waals surface area (Å²) in [5.41, 5.74) is 2.99. The van der Waals surface area contributed by atoms with Gasteiger partial charge >= 0.3 is 0 Å². The highest BCUT2D eigenvalue weighted by Gasteiger charge is 2.03. The van der Waals surface area contributed by atoms with Crippen molar-refractivity contribution in [1.29, 1.82) is 0 Å². The fraction of sp³-hybridized carbons (Fsp3) is 0.235. The van der Waals surface area contributed by atoms with Crippen LogP contribution in [0.25, 0.3) is 0 Å². The fourth-order valence-corrected chi connectivity index (χ4v) is 2.24. The van der Waals surface area contributed by atoms with Crippen LogP contribution < -0.4 is 15.4 Å². The van der Waals surface area contributed by atoms with Crippen LogP contribution in [0.15, 0.2) is 46.9 Å². The molecule has 0 atom stereocenters. The van der Waals surface area contributed by atoms with Gasteiger partial charge in [-0.3, -0.25) is 4.79 Å². The van der Waals surface area contributed by atoms with Gasteiger partial charge in [0.2, 0.25) is 5.91 Å². The largest absolute Gasteiger partial charge is 0.497 e. The maximum atomic E-state index is 11.9. The van der Waals surface area contributed by atoms with Gasteiger partial charge in [0.1, 0.15) is 5.75 Å². The first-order valence-electron chi connectivity index (χ1n) is 6.98. The summed E-state index contributed by atoms with van der Waals surface area (Å²) in [7, 11) is 1.64. The highest BCUT2D eigenvalue weighted by Crippen LogP contribution is 2.19. The van der Waals surface area contributed by atoms with Gasteiger partial charge in [0.25, 0.3) is 0 Å². The molecule has 0 spiro atoms. The molecule has 5 heteroatoms. The van der Waals surface area contributed by atoms with E-state index in [1.165, 1.54) is 0 Å². The number of carbonyl (C=O) groups excluding carboxylic acids is 1. The molecule has 2 aromatic rings. The van der Waals surface area contributed by atoms with E-state index in [4.69, 9.17) is 4.74 Å². The van der Waals surface area contributed by atoms with E-state index < -0.39 is 0 Å². The molecule has 0 aliphatic rings. The third kappa shape index (κ3) is 4.86. The van der Waals surface area contributed by atoms with Crippen LogP contribution in [0.4, 0.5) is 5.69 Å². The Morgan fingerprint density at radius 3 is 2.55 bits per heavy atom.